The van der Waals surface area contributed by atoms with Crippen molar-refractivity contribution in [2.75, 3.05) is 23.0 Å². The second kappa shape index (κ2) is 7.62. The van der Waals surface area contributed by atoms with Crippen molar-refractivity contribution in [1.29, 1.82) is 0 Å². The van der Waals surface area contributed by atoms with E-state index in [2.05, 4.69) is 24.2 Å². The lowest BCUT2D eigenvalue weighted by Crippen LogP contribution is -2.35. The Morgan fingerprint density at radius 1 is 1.08 bits per heavy atom. The number of halogens is 1. The minimum Gasteiger partial charge on any atom is -0.372 e. The van der Waals surface area contributed by atoms with Crippen molar-refractivity contribution in [2.24, 2.45) is 0 Å². The molecule has 0 saturated carbocycles. The standard InChI is InChI=1S/C20H20ClN3O2/c1-3-23(4-2)16-10-8-14(9-11-16)12-18-19(25)22-24(20(18)26)17-7-5-6-15(21)13-17/h5-13H,3-4H2,1-2H3,(H,22,25)/b18-12-. The van der Waals surface area contributed by atoms with Crippen LogP contribution in [0.4, 0.5) is 11.4 Å². The first kappa shape index (κ1) is 18.0. The number of benzene rings is 2. The van der Waals surface area contributed by atoms with Gasteiger partial charge >= 0.3 is 0 Å². The van der Waals surface area contributed by atoms with Crippen molar-refractivity contribution in [3.05, 3.63) is 64.7 Å². The van der Waals surface area contributed by atoms with E-state index in [0.717, 1.165) is 24.3 Å². The van der Waals surface area contributed by atoms with Crippen molar-refractivity contribution in [1.82, 2.24) is 5.43 Å². The molecule has 2 aromatic carbocycles. The van der Waals surface area contributed by atoms with Gasteiger partial charge in [-0.3, -0.25) is 15.0 Å². The van der Waals surface area contributed by atoms with Crippen LogP contribution in [0.15, 0.2) is 54.1 Å². The molecule has 0 spiro atoms. The summed E-state index contributed by atoms with van der Waals surface area (Å²) in [7, 11) is 0. The Morgan fingerprint density at radius 3 is 2.38 bits per heavy atom. The van der Waals surface area contributed by atoms with Crippen molar-refractivity contribution >= 4 is 40.9 Å². The van der Waals surface area contributed by atoms with E-state index >= 15 is 0 Å². The van der Waals surface area contributed by atoms with Gasteiger partial charge in [-0.2, -0.15) is 0 Å². The fraction of sp³-hybridized carbons (Fsp3) is 0.200. The van der Waals surface area contributed by atoms with Gasteiger partial charge in [-0.25, -0.2) is 5.01 Å². The highest BCUT2D eigenvalue weighted by molar-refractivity contribution is 6.33. The number of nitrogens with one attached hydrogen (secondary N) is 1. The van der Waals surface area contributed by atoms with Crippen LogP contribution in [0.25, 0.3) is 6.08 Å². The molecule has 0 bridgehead atoms. The van der Waals surface area contributed by atoms with Crippen LogP contribution < -0.4 is 15.3 Å². The molecule has 1 aliphatic rings. The first-order valence-electron chi connectivity index (χ1n) is 8.51. The van der Waals surface area contributed by atoms with Crippen LogP contribution in [-0.4, -0.2) is 24.9 Å². The summed E-state index contributed by atoms with van der Waals surface area (Å²) in [5.74, 6) is -0.826. The van der Waals surface area contributed by atoms with Crippen molar-refractivity contribution < 1.29 is 9.59 Å². The molecular weight excluding hydrogens is 350 g/mol. The molecule has 2 amide bonds. The van der Waals surface area contributed by atoms with Crippen LogP contribution in [0.2, 0.25) is 5.02 Å². The third-order valence-electron chi connectivity index (χ3n) is 4.29. The second-order valence-corrected chi connectivity index (χ2v) is 6.32. The predicted molar refractivity (Wildman–Crippen MR) is 105 cm³/mol. The first-order valence-corrected chi connectivity index (χ1v) is 8.89. The summed E-state index contributed by atoms with van der Waals surface area (Å²) in [4.78, 5) is 27.1. The molecule has 0 aliphatic carbocycles. The average Bonchev–Trinajstić information content (AvgIpc) is 2.92. The number of hydrazine groups is 1. The summed E-state index contributed by atoms with van der Waals surface area (Å²) in [6.45, 7) is 6.05. The smallest absolute Gasteiger partial charge is 0.282 e. The van der Waals surface area contributed by atoms with Crippen LogP contribution in [0.1, 0.15) is 19.4 Å². The zero-order chi connectivity index (χ0) is 18.7. The molecule has 0 unspecified atom stereocenters. The lowest BCUT2D eigenvalue weighted by Gasteiger charge is -2.20. The molecule has 1 aliphatic heterocycles. The lowest BCUT2D eigenvalue weighted by atomic mass is 10.1. The Kier molecular flexibility index (Phi) is 5.28. The van der Waals surface area contributed by atoms with Crippen molar-refractivity contribution in [3.8, 4) is 0 Å². The fourth-order valence-corrected chi connectivity index (χ4v) is 3.08. The molecule has 1 heterocycles. The van der Waals surface area contributed by atoms with Crippen LogP contribution in [0.5, 0.6) is 0 Å². The molecular formula is C20H20ClN3O2. The van der Waals surface area contributed by atoms with Gasteiger partial charge in [0.25, 0.3) is 11.8 Å². The average molecular weight is 370 g/mol. The number of carbonyl (C=O) groups excluding carboxylic acids is 2. The third-order valence-corrected chi connectivity index (χ3v) is 4.53. The predicted octanol–water partition coefficient (Wildman–Crippen LogP) is 3.65. The Balaban J connectivity index is 1.84. The van der Waals surface area contributed by atoms with Gasteiger partial charge in [-0.15, -0.1) is 0 Å². The second-order valence-electron chi connectivity index (χ2n) is 5.88. The minimum absolute atomic E-state index is 0.0977. The quantitative estimate of drug-likeness (QED) is 0.646. The summed E-state index contributed by atoms with van der Waals surface area (Å²) in [5, 5.41) is 1.71. The molecule has 3 rings (SSSR count). The molecule has 26 heavy (non-hydrogen) atoms. The molecule has 1 fully saturated rings. The summed E-state index contributed by atoms with van der Waals surface area (Å²) in [6, 6.07) is 14.6. The Labute approximate surface area is 157 Å². The van der Waals surface area contributed by atoms with Crippen LogP contribution in [-0.2, 0) is 9.59 Å². The molecule has 5 nitrogen and oxygen atoms in total. The largest absolute Gasteiger partial charge is 0.372 e. The molecule has 0 atom stereocenters. The summed E-state index contributed by atoms with van der Waals surface area (Å²) in [6.07, 6.45) is 1.61. The van der Waals surface area contributed by atoms with Gasteiger partial charge in [0.05, 0.1) is 5.69 Å². The van der Waals surface area contributed by atoms with E-state index in [0.29, 0.717) is 10.7 Å². The normalized spacial score (nSPS) is 15.5. The van der Waals surface area contributed by atoms with E-state index in [1.54, 1.807) is 30.3 Å². The van der Waals surface area contributed by atoms with E-state index in [-0.39, 0.29) is 5.57 Å². The SMILES string of the molecule is CCN(CC)c1ccc(/C=C2/C(=O)NN(c3cccc(Cl)c3)C2=O)cc1. The van der Waals surface area contributed by atoms with Gasteiger partial charge < -0.3 is 4.90 Å². The highest BCUT2D eigenvalue weighted by Gasteiger charge is 2.34. The van der Waals surface area contributed by atoms with E-state index in [1.807, 2.05) is 24.3 Å². The Hall–Kier alpha value is -2.79. The number of hydrogen-bond acceptors (Lipinski definition) is 3. The zero-order valence-electron chi connectivity index (χ0n) is 14.7. The minimum atomic E-state index is -0.428. The van der Waals surface area contributed by atoms with Crippen LogP contribution in [0, 0.1) is 0 Å². The number of carbonyl (C=O) groups is 2. The topological polar surface area (TPSA) is 52.7 Å². The molecule has 134 valence electrons. The van der Waals surface area contributed by atoms with Crippen LogP contribution in [0.3, 0.4) is 0 Å². The monoisotopic (exact) mass is 369 g/mol. The maximum absolute atomic E-state index is 12.6. The number of nitrogens with zero attached hydrogens (tertiary/aromatic N) is 2. The van der Waals surface area contributed by atoms with Gasteiger partial charge in [-0.1, -0.05) is 29.8 Å². The number of rotatable bonds is 5. The first-order chi connectivity index (χ1) is 12.5. The Morgan fingerprint density at radius 2 is 1.77 bits per heavy atom. The zero-order valence-corrected chi connectivity index (χ0v) is 15.5. The molecule has 0 radical (unpaired) electrons. The maximum atomic E-state index is 12.6. The number of anilines is 2. The van der Waals surface area contributed by atoms with Gasteiger partial charge in [0.15, 0.2) is 0 Å². The van der Waals surface area contributed by atoms with Gasteiger partial charge in [0.2, 0.25) is 0 Å². The summed E-state index contributed by atoms with van der Waals surface area (Å²) in [5.41, 5.74) is 5.11. The number of amides is 2. The van der Waals surface area contributed by atoms with Gasteiger partial charge in [-0.05, 0) is 55.8 Å². The highest BCUT2D eigenvalue weighted by atomic mass is 35.5. The molecule has 6 heteroatoms. The lowest BCUT2D eigenvalue weighted by molar-refractivity contribution is -0.117. The van der Waals surface area contributed by atoms with E-state index in [9.17, 15) is 9.59 Å². The highest BCUT2D eigenvalue weighted by Crippen LogP contribution is 2.24. The van der Waals surface area contributed by atoms with E-state index < -0.39 is 11.8 Å². The molecule has 1 saturated heterocycles. The number of hydrogen-bond donors (Lipinski definition) is 1. The maximum Gasteiger partial charge on any atom is 0.282 e. The van der Waals surface area contributed by atoms with E-state index in [4.69, 9.17) is 11.6 Å². The van der Waals surface area contributed by atoms with E-state index in [1.165, 1.54) is 5.01 Å². The van der Waals surface area contributed by atoms with Crippen molar-refractivity contribution in [3.63, 3.8) is 0 Å². The molecule has 2 aromatic rings. The third kappa shape index (κ3) is 3.58. The van der Waals surface area contributed by atoms with Gasteiger partial charge in [0, 0.05) is 23.8 Å². The summed E-state index contributed by atoms with van der Waals surface area (Å²) < 4.78 is 0. The molecule has 1 N–H and O–H groups in total. The summed E-state index contributed by atoms with van der Waals surface area (Å²) >= 11 is 5.97. The van der Waals surface area contributed by atoms with Crippen LogP contribution >= 0.6 is 11.6 Å². The van der Waals surface area contributed by atoms with Crippen molar-refractivity contribution in [2.45, 2.75) is 13.8 Å². The fourth-order valence-electron chi connectivity index (χ4n) is 2.89. The van der Waals surface area contributed by atoms with Gasteiger partial charge in [0.1, 0.15) is 5.57 Å². The molecule has 0 aromatic heterocycles. The Bertz CT molecular complexity index is 858.